The fourth-order valence-electron chi connectivity index (χ4n) is 10.1. The zero-order valence-electron chi connectivity index (χ0n) is 31.3. The summed E-state index contributed by atoms with van der Waals surface area (Å²) in [6.45, 7) is 4.68. The maximum Gasteiger partial charge on any atom is 0.235 e. The van der Waals surface area contributed by atoms with E-state index in [1.54, 1.807) is 0 Å². The highest BCUT2D eigenvalue weighted by Crippen LogP contribution is 2.51. The molecule has 0 atom stereocenters. The number of hydrogen-bond donors (Lipinski definition) is 0. The minimum atomic E-state index is -0.0778. The number of benzene rings is 9. The number of para-hydroxylation sites is 1. The molecule has 1 aliphatic rings. The molecule has 57 heavy (non-hydrogen) atoms. The maximum absolute atomic E-state index is 5.68. The van der Waals surface area contributed by atoms with Crippen LogP contribution < -0.4 is 0 Å². The Kier molecular flexibility index (Phi) is 6.12. The van der Waals surface area contributed by atoms with Crippen LogP contribution >= 0.6 is 11.3 Å². The Labute approximate surface area is 332 Å². The van der Waals surface area contributed by atoms with Crippen LogP contribution in [0.15, 0.2) is 164 Å². The van der Waals surface area contributed by atoms with Crippen molar-refractivity contribution in [3.63, 3.8) is 0 Å². The Morgan fingerprint density at radius 2 is 1.18 bits per heavy atom. The topological polar surface area (TPSA) is 30.7 Å². The number of fused-ring (bicyclic) bond motifs is 17. The van der Waals surface area contributed by atoms with E-state index in [2.05, 4.69) is 182 Å². The van der Waals surface area contributed by atoms with Gasteiger partial charge in [0.25, 0.3) is 0 Å². The predicted molar refractivity (Wildman–Crippen MR) is 242 cm³/mol. The van der Waals surface area contributed by atoms with Crippen molar-refractivity contribution in [1.29, 1.82) is 0 Å². The van der Waals surface area contributed by atoms with Gasteiger partial charge in [-0.05, 0) is 74.1 Å². The van der Waals surface area contributed by atoms with Crippen molar-refractivity contribution in [2.45, 2.75) is 19.3 Å². The molecule has 9 aromatic carbocycles. The molecule has 0 amide bonds. The molecule has 0 spiro atoms. The van der Waals surface area contributed by atoms with Gasteiger partial charge in [0.1, 0.15) is 0 Å². The lowest BCUT2D eigenvalue weighted by Gasteiger charge is -2.21. The largest absolute Gasteiger partial charge is 0.277 e. The summed E-state index contributed by atoms with van der Waals surface area (Å²) < 4.78 is 4.99. The zero-order chi connectivity index (χ0) is 37.6. The molecule has 0 bridgehead atoms. The number of hydrogen-bond acceptors (Lipinski definition) is 3. The van der Waals surface area contributed by atoms with Crippen LogP contribution in [0, 0.1) is 0 Å². The van der Waals surface area contributed by atoms with Crippen molar-refractivity contribution >= 4 is 96.5 Å². The summed E-state index contributed by atoms with van der Waals surface area (Å²) >= 11 is 1.89. The first kappa shape index (κ1) is 31.3. The van der Waals surface area contributed by atoms with E-state index in [4.69, 9.17) is 9.97 Å². The van der Waals surface area contributed by atoms with Crippen LogP contribution in [0.3, 0.4) is 0 Å². The second-order valence-electron chi connectivity index (χ2n) is 16.1. The second kappa shape index (κ2) is 11.1. The van der Waals surface area contributed by atoms with Gasteiger partial charge in [0.2, 0.25) is 5.95 Å². The highest BCUT2D eigenvalue weighted by Gasteiger charge is 2.35. The zero-order valence-corrected chi connectivity index (χ0v) is 32.2. The van der Waals surface area contributed by atoms with Gasteiger partial charge in [-0.2, -0.15) is 0 Å². The molecule has 3 heterocycles. The number of aromatic nitrogens is 3. The lowest BCUT2D eigenvalue weighted by molar-refractivity contribution is 0.660. The highest BCUT2D eigenvalue weighted by molar-refractivity contribution is 7.27. The molecular weight excluding hydrogens is 711 g/mol. The van der Waals surface area contributed by atoms with E-state index in [1.165, 1.54) is 80.1 Å². The van der Waals surface area contributed by atoms with E-state index in [-0.39, 0.29) is 5.41 Å². The van der Waals surface area contributed by atoms with Gasteiger partial charge in [0, 0.05) is 58.1 Å². The van der Waals surface area contributed by atoms with E-state index in [1.807, 2.05) is 11.3 Å². The Morgan fingerprint density at radius 3 is 2.05 bits per heavy atom. The number of nitrogens with zero attached hydrogens (tertiary/aromatic N) is 3. The minimum absolute atomic E-state index is 0.0778. The Morgan fingerprint density at radius 1 is 0.491 bits per heavy atom. The second-order valence-corrected chi connectivity index (χ2v) is 17.2. The maximum atomic E-state index is 5.68. The van der Waals surface area contributed by atoms with Crippen LogP contribution in [0.4, 0.5) is 0 Å². The third-order valence-corrected chi connectivity index (χ3v) is 14.0. The monoisotopic (exact) mass is 743 g/mol. The summed E-state index contributed by atoms with van der Waals surface area (Å²) in [6.07, 6.45) is 0. The van der Waals surface area contributed by atoms with Crippen LogP contribution in [-0.4, -0.2) is 14.5 Å². The Bertz CT molecular complexity index is 3730. The van der Waals surface area contributed by atoms with E-state index < -0.39 is 0 Å². The summed E-state index contributed by atoms with van der Waals surface area (Å²) in [7, 11) is 0. The quantitative estimate of drug-likeness (QED) is 0.130. The SMILES string of the molecule is CC1(C)c2ccccc2-c2cc(-c3nc(-n4c5ccccc5c5ccc6c7c8ccccc8sc7c7ccccc7c6c54)nc4cc5ccccc5cc34)ccc21. The number of rotatable bonds is 2. The molecular formula is C53H33N3S. The van der Waals surface area contributed by atoms with Crippen LogP contribution in [0.5, 0.6) is 0 Å². The van der Waals surface area contributed by atoms with Crippen molar-refractivity contribution in [1.82, 2.24) is 14.5 Å². The Hall–Kier alpha value is -6.88. The van der Waals surface area contributed by atoms with Crippen LogP contribution in [-0.2, 0) is 5.41 Å². The smallest absolute Gasteiger partial charge is 0.235 e. The molecule has 1 aliphatic carbocycles. The summed E-state index contributed by atoms with van der Waals surface area (Å²) in [5, 5.41) is 13.4. The van der Waals surface area contributed by atoms with E-state index in [0.29, 0.717) is 5.95 Å². The van der Waals surface area contributed by atoms with Crippen molar-refractivity contribution in [2.75, 3.05) is 0 Å². The van der Waals surface area contributed by atoms with Gasteiger partial charge in [-0.3, -0.25) is 4.57 Å². The first-order valence-corrected chi connectivity index (χ1v) is 20.5. The molecule has 12 aromatic rings. The predicted octanol–water partition coefficient (Wildman–Crippen LogP) is 14.5. The van der Waals surface area contributed by atoms with Gasteiger partial charge in [-0.25, -0.2) is 9.97 Å². The standard InChI is InChI=1S/C53H33N3S/c1-53(2)42-20-10-7-15-33(42)40-28-32(23-26-43(40)53)49-41-27-30-13-3-4-14-31(30)29-44(41)54-52(55-49)56-45-21-11-8-16-34(45)36-24-25-39-47(50(36)56)35-17-5-6-18-37(35)51-48(39)38-19-9-12-22-46(38)57-51/h3-29H,1-2H3. The van der Waals surface area contributed by atoms with Crippen LogP contribution in [0.1, 0.15) is 25.0 Å². The summed E-state index contributed by atoms with van der Waals surface area (Å²) in [5.74, 6) is 0.673. The van der Waals surface area contributed by atoms with E-state index in [0.717, 1.165) is 38.6 Å². The molecule has 13 rings (SSSR count). The summed E-state index contributed by atoms with van der Waals surface area (Å²) in [5.41, 5.74) is 10.4. The van der Waals surface area contributed by atoms with Crippen molar-refractivity contribution < 1.29 is 0 Å². The lowest BCUT2D eigenvalue weighted by Crippen LogP contribution is -2.14. The van der Waals surface area contributed by atoms with Crippen molar-refractivity contribution in [3.05, 3.63) is 175 Å². The van der Waals surface area contributed by atoms with Gasteiger partial charge >= 0.3 is 0 Å². The molecule has 3 aromatic heterocycles. The summed E-state index contributed by atoms with van der Waals surface area (Å²) in [6, 6.07) is 60.2. The first-order chi connectivity index (χ1) is 28.0. The number of thiophene rings is 1. The van der Waals surface area contributed by atoms with Gasteiger partial charge in [0.15, 0.2) is 0 Å². The molecule has 0 radical (unpaired) electrons. The van der Waals surface area contributed by atoms with Crippen LogP contribution in [0.2, 0.25) is 0 Å². The molecule has 3 nitrogen and oxygen atoms in total. The average molecular weight is 744 g/mol. The van der Waals surface area contributed by atoms with Gasteiger partial charge in [-0.1, -0.05) is 147 Å². The molecule has 266 valence electrons. The highest BCUT2D eigenvalue weighted by atomic mass is 32.1. The van der Waals surface area contributed by atoms with Gasteiger partial charge < -0.3 is 0 Å². The molecule has 0 fully saturated rings. The fraction of sp³-hybridized carbons (Fsp3) is 0.0566. The van der Waals surface area contributed by atoms with Crippen LogP contribution in [0.25, 0.3) is 114 Å². The fourth-order valence-corrected chi connectivity index (χ4v) is 11.4. The van der Waals surface area contributed by atoms with E-state index in [9.17, 15) is 0 Å². The molecule has 0 N–H and O–H groups in total. The normalized spacial score (nSPS) is 13.6. The molecule has 0 saturated carbocycles. The van der Waals surface area contributed by atoms with E-state index >= 15 is 0 Å². The molecule has 0 aliphatic heterocycles. The Balaban J connectivity index is 1.19. The van der Waals surface area contributed by atoms with Gasteiger partial charge in [-0.15, -0.1) is 11.3 Å². The third-order valence-electron chi connectivity index (χ3n) is 12.8. The van der Waals surface area contributed by atoms with Crippen molar-refractivity contribution in [3.8, 4) is 28.3 Å². The third kappa shape index (κ3) is 4.15. The molecule has 4 heteroatoms. The van der Waals surface area contributed by atoms with Gasteiger partial charge in [0.05, 0.1) is 22.2 Å². The van der Waals surface area contributed by atoms with Crippen molar-refractivity contribution in [2.24, 2.45) is 0 Å². The minimum Gasteiger partial charge on any atom is -0.277 e. The lowest BCUT2D eigenvalue weighted by atomic mass is 9.82. The average Bonchev–Trinajstić information content (AvgIpc) is 3.88. The first-order valence-electron chi connectivity index (χ1n) is 19.7. The molecule has 0 unspecified atom stereocenters. The molecule has 0 saturated heterocycles. The summed E-state index contributed by atoms with van der Waals surface area (Å²) in [4.78, 5) is 11.2.